The summed E-state index contributed by atoms with van der Waals surface area (Å²) in [6, 6.07) is 0. The number of carbonyl (C=O) groups excluding carboxylic acids is 1. The van der Waals surface area contributed by atoms with E-state index >= 15 is 0 Å². The third-order valence-electron chi connectivity index (χ3n) is 2.78. The highest BCUT2D eigenvalue weighted by Crippen LogP contribution is 2.30. The Bertz CT molecular complexity index is 419. The van der Waals surface area contributed by atoms with E-state index in [1.807, 2.05) is 13.8 Å². The molecule has 1 aliphatic heterocycles. The van der Waals surface area contributed by atoms with Crippen LogP contribution in [-0.4, -0.2) is 23.1 Å². The van der Waals surface area contributed by atoms with E-state index in [1.54, 1.807) is 0 Å². The number of hydrogen-bond donors (Lipinski definition) is 1. The Hall–Kier alpha value is -0.650. The topological polar surface area (TPSA) is 51.2 Å². The van der Waals surface area contributed by atoms with Gasteiger partial charge in [0.1, 0.15) is 4.34 Å². The Morgan fingerprint density at radius 2 is 2.47 bits per heavy atom. The number of halogens is 1. The number of hydrogen-bond acceptors (Lipinski definition) is 4. The Morgan fingerprint density at radius 1 is 1.71 bits per heavy atom. The summed E-state index contributed by atoms with van der Waals surface area (Å²) >= 11 is 7.03. The van der Waals surface area contributed by atoms with Crippen molar-refractivity contribution in [3.63, 3.8) is 0 Å². The SMILES string of the molecule is CC1(C)CC(C(=O)Nc2ncc(Cl)s2)CCO1. The predicted octanol–water partition coefficient (Wildman–Crippen LogP) is 2.94. The van der Waals surface area contributed by atoms with Crippen molar-refractivity contribution in [1.82, 2.24) is 4.98 Å². The first-order valence-corrected chi connectivity index (χ1v) is 6.72. The zero-order valence-corrected chi connectivity index (χ0v) is 11.4. The van der Waals surface area contributed by atoms with Crippen LogP contribution in [0.25, 0.3) is 0 Å². The summed E-state index contributed by atoms with van der Waals surface area (Å²) in [5.74, 6) is -0.00572. The lowest BCUT2D eigenvalue weighted by atomic mass is 9.88. The highest BCUT2D eigenvalue weighted by Gasteiger charge is 2.33. The van der Waals surface area contributed by atoms with Gasteiger partial charge >= 0.3 is 0 Å². The van der Waals surface area contributed by atoms with E-state index in [4.69, 9.17) is 16.3 Å². The minimum absolute atomic E-state index is 0.00684. The van der Waals surface area contributed by atoms with Gasteiger partial charge in [0.05, 0.1) is 11.8 Å². The van der Waals surface area contributed by atoms with Crippen molar-refractivity contribution in [3.8, 4) is 0 Å². The molecule has 4 nitrogen and oxygen atoms in total. The normalized spacial score (nSPS) is 23.4. The first-order valence-electron chi connectivity index (χ1n) is 5.52. The molecule has 1 unspecified atom stereocenters. The molecular weight excluding hydrogens is 260 g/mol. The largest absolute Gasteiger partial charge is 0.376 e. The Kier molecular flexibility index (Phi) is 3.70. The quantitative estimate of drug-likeness (QED) is 0.902. The fourth-order valence-corrected chi connectivity index (χ4v) is 2.79. The van der Waals surface area contributed by atoms with E-state index in [-0.39, 0.29) is 17.4 Å². The number of amides is 1. The molecule has 1 fully saturated rings. The van der Waals surface area contributed by atoms with Gasteiger partial charge in [0.15, 0.2) is 5.13 Å². The summed E-state index contributed by atoms with van der Waals surface area (Å²) in [5.41, 5.74) is -0.221. The van der Waals surface area contributed by atoms with Gasteiger partial charge in [-0.3, -0.25) is 4.79 Å². The molecule has 1 aromatic rings. The van der Waals surface area contributed by atoms with Crippen LogP contribution in [0.4, 0.5) is 5.13 Å². The average molecular weight is 275 g/mol. The van der Waals surface area contributed by atoms with Crippen LogP contribution in [0.2, 0.25) is 4.34 Å². The summed E-state index contributed by atoms with van der Waals surface area (Å²) in [6.07, 6.45) is 3.03. The second-order valence-corrected chi connectivity index (χ2v) is 6.42. The second kappa shape index (κ2) is 4.92. The molecule has 1 atom stereocenters. The van der Waals surface area contributed by atoms with E-state index in [9.17, 15) is 4.79 Å². The van der Waals surface area contributed by atoms with Crippen LogP contribution in [0.1, 0.15) is 26.7 Å². The minimum atomic E-state index is -0.221. The number of nitrogens with one attached hydrogen (secondary N) is 1. The van der Waals surface area contributed by atoms with Crippen molar-refractivity contribution in [2.75, 3.05) is 11.9 Å². The van der Waals surface area contributed by atoms with E-state index in [0.29, 0.717) is 16.1 Å². The highest BCUT2D eigenvalue weighted by atomic mass is 35.5. The lowest BCUT2D eigenvalue weighted by Gasteiger charge is -2.34. The summed E-state index contributed by atoms with van der Waals surface area (Å²) in [4.78, 5) is 16.0. The van der Waals surface area contributed by atoms with Gasteiger partial charge in [0.25, 0.3) is 0 Å². The van der Waals surface area contributed by atoms with Gasteiger partial charge < -0.3 is 10.1 Å². The Balaban J connectivity index is 1.96. The van der Waals surface area contributed by atoms with Gasteiger partial charge in [-0.25, -0.2) is 4.98 Å². The maximum Gasteiger partial charge on any atom is 0.229 e. The number of ether oxygens (including phenoxy) is 1. The summed E-state index contributed by atoms with van der Waals surface area (Å²) in [5, 5.41) is 3.36. The lowest BCUT2D eigenvalue weighted by Crippen LogP contribution is -2.39. The average Bonchev–Trinajstić information content (AvgIpc) is 2.62. The van der Waals surface area contributed by atoms with Gasteiger partial charge in [-0.1, -0.05) is 22.9 Å². The molecule has 6 heteroatoms. The molecule has 0 radical (unpaired) electrons. The van der Waals surface area contributed by atoms with E-state index in [2.05, 4.69) is 10.3 Å². The van der Waals surface area contributed by atoms with Crippen molar-refractivity contribution in [2.24, 2.45) is 5.92 Å². The molecule has 0 saturated carbocycles. The highest BCUT2D eigenvalue weighted by molar-refractivity contribution is 7.19. The number of carbonyl (C=O) groups is 1. The Morgan fingerprint density at radius 3 is 3.06 bits per heavy atom. The molecule has 1 amide bonds. The van der Waals surface area contributed by atoms with E-state index in [1.165, 1.54) is 17.5 Å². The number of aromatic nitrogens is 1. The van der Waals surface area contributed by atoms with Gasteiger partial charge in [0.2, 0.25) is 5.91 Å². The standard InChI is InChI=1S/C11H15ClN2O2S/c1-11(2)5-7(3-4-16-11)9(15)14-10-13-6-8(12)17-10/h6-7H,3-5H2,1-2H3,(H,13,14,15). The molecule has 0 bridgehead atoms. The third kappa shape index (κ3) is 3.40. The Labute approximate surface area is 109 Å². The number of nitrogens with zero attached hydrogens (tertiary/aromatic N) is 1. The molecule has 1 N–H and O–H groups in total. The van der Waals surface area contributed by atoms with E-state index in [0.717, 1.165) is 12.8 Å². The lowest BCUT2D eigenvalue weighted by molar-refractivity contribution is -0.130. The third-order valence-corrected chi connectivity index (χ3v) is 3.81. The zero-order valence-electron chi connectivity index (χ0n) is 9.83. The molecule has 0 aromatic carbocycles. The predicted molar refractivity (Wildman–Crippen MR) is 68.5 cm³/mol. The van der Waals surface area contributed by atoms with Crippen molar-refractivity contribution in [2.45, 2.75) is 32.3 Å². The molecule has 2 heterocycles. The monoisotopic (exact) mass is 274 g/mol. The molecule has 1 aliphatic rings. The first kappa shape index (κ1) is 12.8. The first-order chi connectivity index (χ1) is 7.96. The number of anilines is 1. The smallest absolute Gasteiger partial charge is 0.229 e. The van der Waals surface area contributed by atoms with Crippen molar-refractivity contribution in [3.05, 3.63) is 10.5 Å². The van der Waals surface area contributed by atoms with Gasteiger partial charge in [-0.05, 0) is 26.7 Å². The summed E-state index contributed by atoms with van der Waals surface area (Å²) in [7, 11) is 0. The number of thiazole rings is 1. The molecule has 0 aliphatic carbocycles. The minimum Gasteiger partial charge on any atom is -0.376 e. The van der Waals surface area contributed by atoms with Crippen LogP contribution in [0, 0.1) is 5.92 Å². The van der Waals surface area contributed by atoms with Crippen molar-refractivity contribution in [1.29, 1.82) is 0 Å². The molecule has 1 aromatic heterocycles. The van der Waals surface area contributed by atoms with E-state index < -0.39 is 0 Å². The molecule has 2 rings (SSSR count). The van der Waals surface area contributed by atoms with Gasteiger partial charge in [-0.2, -0.15) is 0 Å². The zero-order chi connectivity index (χ0) is 12.5. The summed E-state index contributed by atoms with van der Waals surface area (Å²) < 4.78 is 6.16. The van der Waals surface area contributed by atoms with Crippen LogP contribution in [-0.2, 0) is 9.53 Å². The van der Waals surface area contributed by atoms with Crippen LogP contribution in [0.3, 0.4) is 0 Å². The van der Waals surface area contributed by atoms with Crippen LogP contribution >= 0.6 is 22.9 Å². The molecule has 1 saturated heterocycles. The van der Waals surface area contributed by atoms with Crippen LogP contribution in [0.5, 0.6) is 0 Å². The van der Waals surface area contributed by atoms with Crippen LogP contribution < -0.4 is 5.32 Å². The maximum absolute atomic E-state index is 12.0. The summed E-state index contributed by atoms with van der Waals surface area (Å²) in [6.45, 7) is 4.64. The fourth-order valence-electron chi connectivity index (χ4n) is 1.98. The van der Waals surface area contributed by atoms with Gasteiger partial charge in [0, 0.05) is 12.5 Å². The van der Waals surface area contributed by atoms with Crippen molar-refractivity contribution < 1.29 is 9.53 Å². The van der Waals surface area contributed by atoms with Gasteiger partial charge in [-0.15, -0.1) is 0 Å². The molecule has 94 valence electrons. The van der Waals surface area contributed by atoms with Crippen LogP contribution in [0.15, 0.2) is 6.20 Å². The number of rotatable bonds is 2. The maximum atomic E-state index is 12.0. The second-order valence-electron chi connectivity index (χ2n) is 4.76. The molecular formula is C11H15ClN2O2S. The van der Waals surface area contributed by atoms with Crippen molar-refractivity contribution >= 4 is 34.0 Å². The fraction of sp³-hybridized carbons (Fsp3) is 0.636. The molecule has 0 spiro atoms. The molecule has 17 heavy (non-hydrogen) atoms.